The fraction of sp³-hybridized carbons (Fsp3) is 0.552. The van der Waals surface area contributed by atoms with Gasteiger partial charge in [0.25, 0.3) is 0 Å². The SMILES string of the molecule is CCN(C(=O)OC(C)(C)C)C1=C2NC(=O)C(C)(N3CCC[C@@H](NC(=O)OCc4ccccc4)C3)C2CC(F)=C1. The Kier molecular flexibility index (Phi) is 8.34. The lowest BCUT2D eigenvalue weighted by molar-refractivity contribution is -0.131. The van der Waals surface area contributed by atoms with Gasteiger partial charge in [0.1, 0.15) is 23.6 Å². The van der Waals surface area contributed by atoms with E-state index in [1.807, 2.05) is 42.2 Å². The van der Waals surface area contributed by atoms with E-state index in [-0.39, 0.29) is 31.5 Å². The van der Waals surface area contributed by atoms with E-state index in [1.54, 1.807) is 27.7 Å². The number of nitrogens with zero attached hydrogens (tertiary/aromatic N) is 2. The maximum Gasteiger partial charge on any atom is 0.414 e. The molecule has 1 aliphatic carbocycles. The molecule has 2 heterocycles. The highest BCUT2D eigenvalue weighted by atomic mass is 19.1. The van der Waals surface area contributed by atoms with Crippen LogP contribution in [0.5, 0.6) is 0 Å². The third-order valence-corrected chi connectivity index (χ3v) is 7.54. The first-order chi connectivity index (χ1) is 18.4. The highest BCUT2D eigenvalue weighted by Crippen LogP contribution is 2.45. The first kappa shape index (κ1) is 28.6. The number of ether oxygens (including phenoxy) is 2. The van der Waals surface area contributed by atoms with Crippen LogP contribution in [-0.4, -0.2) is 64.7 Å². The number of hydrogen-bond acceptors (Lipinski definition) is 6. The van der Waals surface area contributed by atoms with Crippen LogP contribution in [0.4, 0.5) is 14.0 Å². The number of halogens is 1. The first-order valence-corrected chi connectivity index (χ1v) is 13.6. The third-order valence-electron chi connectivity index (χ3n) is 7.54. The van der Waals surface area contributed by atoms with E-state index in [0.29, 0.717) is 24.5 Å². The maximum absolute atomic E-state index is 15.1. The molecule has 10 heteroatoms. The number of nitrogens with one attached hydrogen (secondary N) is 2. The van der Waals surface area contributed by atoms with Gasteiger partial charge in [-0.25, -0.2) is 14.0 Å². The molecule has 3 amide bonds. The molecule has 2 N–H and O–H groups in total. The highest BCUT2D eigenvalue weighted by Gasteiger charge is 2.56. The van der Waals surface area contributed by atoms with E-state index in [4.69, 9.17) is 9.47 Å². The number of piperidine rings is 1. The summed E-state index contributed by atoms with van der Waals surface area (Å²) < 4.78 is 26.0. The summed E-state index contributed by atoms with van der Waals surface area (Å²) in [5.41, 5.74) is -0.0588. The Morgan fingerprint density at radius 2 is 1.97 bits per heavy atom. The molecule has 0 spiro atoms. The quantitative estimate of drug-likeness (QED) is 0.545. The van der Waals surface area contributed by atoms with Crippen LogP contribution >= 0.6 is 0 Å². The Morgan fingerprint density at radius 1 is 1.26 bits per heavy atom. The smallest absolute Gasteiger partial charge is 0.414 e. The number of allylic oxidation sites excluding steroid dienone is 2. The van der Waals surface area contributed by atoms with E-state index in [0.717, 1.165) is 18.4 Å². The molecule has 2 saturated heterocycles. The van der Waals surface area contributed by atoms with Crippen molar-refractivity contribution in [1.29, 1.82) is 0 Å². The lowest BCUT2D eigenvalue weighted by Gasteiger charge is -2.45. The van der Waals surface area contributed by atoms with Crippen LogP contribution in [0.2, 0.25) is 0 Å². The molecule has 9 nitrogen and oxygen atoms in total. The molecule has 0 bridgehead atoms. The van der Waals surface area contributed by atoms with Gasteiger partial charge in [-0.05, 0) is 65.6 Å². The average Bonchev–Trinajstić information content (AvgIpc) is 3.14. The maximum atomic E-state index is 15.1. The number of rotatable bonds is 6. The van der Waals surface area contributed by atoms with Crippen LogP contribution in [0.3, 0.4) is 0 Å². The molecule has 1 aromatic rings. The van der Waals surface area contributed by atoms with E-state index in [9.17, 15) is 14.4 Å². The van der Waals surface area contributed by atoms with Crippen molar-refractivity contribution in [2.24, 2.45) is 5.92 Å². The Labute approximate surface area is 229 Å². The van der Waals surface area contributed by atoms with Crippen molar-refractivity contribution in [3.05, 3.63) is 59.2 Å². The molecule has 0 radical (unpaired) electrons. The van der Waals surface area contributed by atoms with E-state index in [1.165, 1.54) is 11.0 Å². The zero-order chi connectivity index (χ0) is 28.4. The molecule has 3 aliphatic rings. The Morgan fingerprint density at radius 3 is 2.64 bits per heavy atom. The normalized spacial score (nSPS) is 25.4. The van der Waals surface area contributed by atoms with Gasteiger partial charge >= 0.3 is 12.2 Å². The number of benzene rings is 1. The summed E-state index contributed by atoms with van der Waals surface area (Å²) in [6.45, 7) is 10.3. The summed E-state index contributed by atoms with van der Waals surface area (Å²) in [4.78, 5) is 42.4. The Bertz CT molecular complexity index is 1160. The largest absolute Gasteiger partial charge is 0.445 e. The topological polar surface area (TPSA) is 100 Å². The molecule has 39 heavy (non-hydrogen) atoms. The summed E-state index contributed by atoms with van der Waals surface area (Å²) in [5, 5.41) is 5.89. The molecule has 0 saturated carbocycles. The predicted octanol–water partition coefficient (Wildman–Crippen LogP) is 4.61. The lowest BCUT2D eigenvalue weighted by Crippen LogP contribution is -2.61. The van der Waals surface area contributed by atoms with Gasteiger partial charge in [0.15, 0.2) is 0 Å². The summed E-state index contributed by atoms with van der Waals surface area (Å²) in [6, 6.07) is 9.21. The van der Waals surface area contributed by atoms with Gasteiger partial charge in [0.2, 0.25) is 5.91 Å². The molecular weight excluding hydrogens is 503 g/mol. The molecule has 2 fully saturated rings. The first-order valence-electron chi connectivity index (χ1n) is 13.6. The van der Waals surface area contributed by atoms with Crippen LogP contribution < -0.4 is 10.6 Å². The zero-order valence-corrected chi connectivity index (χ0v) is 23.4. The number of likely N-dealkylation sites (N-methyl/N-ethyl adjacent to an activating group) is 1. The van der Waals surface area contributed by atoms with Gasteiger partial charge in [-0.2, -0.15) is 0 Å². The minimum atomic E-state index is -1.06. The summed E-state index contributed by atoms with van der Waals surface area (Å²) in [5.74, 6) is -1.18. The summed E-state index contributed by atoms with van der Waals surface area (Å²) in [6.07, 6.45) is 1.72. The predicted molar refractivity (Wildman–Crippen MR) is 144 cm³/mol. The number of hydrogen-bond donors (Lipinski definition) is 2. The number of likely N-dealkylation sites (tertiary alicyclic amines) is 1. The minimum Gasteiger partial charge on any atom is -0.445 e. The second-order valence-corrected chi connectivity index (χ2v) is 11.5. The number of fused-ring (bicyclic) bond motifs is 1. The number of alkyl carbamates (subject to hydrolysis) is 1. The minimum absolute atomic E-state index is 0.0354. The van der Waals surface area contributed by atoms with Gasteiger partial charge in [-0.3, -0.25) is 14.6 Å². The van der Waals surface area contributed by atoms with Gasteiger partial charge in [-0.1, -0.05) is 30.3 Å². The molecule has 212 valence electrons. The molecule has 0 aromatic heterocycles. The average molecular weight is 543 g/mol. The van der Waals surface area contributed by atoms with Crippen molar-refractivity contribution < 1.29 is 28.2 Å². The van der Waals surface area contributed by atoms with Crippen molar-refractivity contribution >= 4 is 18.1 Å². The molecule has 1 aromatic carbocycles. The number of carbonyl (C=O) groups excluding carboxylic acids is 3. The van der Waals surface area contributed by atoms with Crippen LogP contribution in [0.1, 0.15) is 59.4 Å². The standard InChI is InChI=1S/C29H39FN4O5/c1-6-34(27(37)39-28(2,3)4)23-16-20(30)15-22-24(23)32-25(35)29(22,5)33-14-10-13-21(17-33)31-26(36)38-18-19-11-8-7-9-12-19/h7-9,11-12,16,21-22H,6,10,13-15,17-18H2,1-5H3,(H,31,36)(H,32,35)/t21-,22?,29?/m1/s1. The van der Waals surface area contributed by atoms with Crippen molar-refractivity contribution in [2.45, 2.75) is 77.7 Å². The fourth-order valence-electron chi connectivity index (χ4n) is 5.55. The van der Waals surface area contributed by atoms with Gasteiger partial charge in [-0.15, -0.1) is 0 Å². The number of carbonyl (C=O) groups is 3. The Balaban J connectivity index is 1.50. The second-order valence-electron chi connectivity index (χ2n) is 11.5. The van der Waals surface area contributed by atoms with E-state index in [2.05, 4.69) is 10.6 Å². The van der Waals surface area contributed by atoms with Crippen LogP contribution in [-0.2, 0) is 20.9 Å². The van der Waals surface area contributed by atoms with Gasteiger partial charge < -0.3 is 20.1 Å². The second kappa shape index (κ2) is 11.4. The zero-order valence-electron chi connectivity index (χ0n) is 23.4. The summed E-state index contributed by atoms with van der Waals surface area (Å²) in [7, 11) is 0. The molecule has 3 atom stereocenters. The van der Waals surface area contributed by atoms with Crippen LogP contribution in [0.15, 0.2) is 53.6 Å². The highest BCUT2D eigenvalue weighted by molar-refractivity contribution is 5.92. The van der Waals surface area contributed by atoms with Crippen LogP contribution in [0, 0.1) is 5.92 Å². The molecule has 2 aliphatic heterocycles. The van der Waals surface area contributed by atoms with Gasteiger partial charge in [0, 0.05) is 37.2 Å². The number of amides is 3. The Hall–Kier alpha value is -3.40. The monoisotopic (exact) mass is 542 g/mol. The van der Waals surface area contributed by atoms with E-state index >= 15 is 4.39 Å². The van der Waals surface area contributed by atoms with Gasteiger partial charge in [0.05, 0.1) is 5.70 Å². The van der Waals surface area contributed by atoms with Crippen molar-refractivity contribution in [1.82, 2.24) is 20.4 Å². The lowest BCUT2D eigenvalue weighted by atomic mass is 9.78. The summed E-state index contributed by atoms with van der Waals surface area (Å²) >= 11 is 0. The van der Waals surface area contributed by atoms with Crippen LogP contribution in [0.25, 0.3) is 0 Å². The third kappa shape index (κ3) is 6.27. The fourth-order valence-corrected chi connectivity index (χ4v) is 5.55. The van der Waals surface area contributed by atoms with Crippen molar-refractivity contribution in [3.8, 4) is 0 Å². The van der Waals surface area contributed by atoms with Crippen molar-refractivity contribution in [3.63, 3.8) is 0 Å². The molecule has 4 rings (SSSR count). The van der Waals surface area contributed by atoms with Crippen molar-refractivity contribution in [2.75, 3.05) is 19.6 Å². The molecule has 2 unspecified atom stereocenters. The molecular formula is C29H39FN4O5. The van der Waals surface area contributed by atoms with E-state index < -0.39 is 35.1 Å².